The molecular weight excluding hydrogens is 276 g/mol. The van der Waals surface area contributed by atoms with Crippen molar-refractivity contribution in [3.63, 3.8) is 0 Å². The molecule has 0 saturated carbocycles. The lowest BCUT2D eigenvalue weighted by Crippen LogP contribution is -2.26. The van der Waals surface area contributed by atoms with Crippen molar-refractivity contribution in [2.45, 2.75) is 19.9 Å². The lowest BCUT2D eigenvalue weighted by molar-refractivity contribution is -0.136. The van der Waals surface area contributed by atoms with Crippen LogP contribution in [-0.2, 0) is 11.3 Å². The van der Waals surface area contributed by atoms with E-state index in [2.05, 4.69) is 6.07 Å². The fourth-order valence-electron chi connectivity index (χ4n) is 2.35. The van der Waals surface area contributed by atoms with E-state index in [0.29, 0.717) is 18.7 Å². The Morgan fingerprint density at radius 3 is 2.55 bits per heavy atom. The van der Waals surface area contributed by atoms with Crippen molar-refractivity contribution in [1.29, 1.82) is 5.26 Å². The molecule has 4 heteroatoms. The van der Waals surface area contributed by atoms with Crippen molar-refractivity contribution in [2.24, 2.45) is 0 Å². The van der Waals surface area contributed by atoms with Crippen LogP contribution in [0.25, 0.3) is 0 Å². The van der Waals surface area contributed by atoms with Gasteiger partial charge in [0.05, 0.1) is 17.7 Å². The van der Waals surface area contributed by atoms with Gasteiger partial charge in [0.15, 0.2) is 0 Å². The molecule has 0 aromatic heterocycles. The van der Waals surface area contributed by atoms with Crippen LogP contribution < -0.4 is 4.90 Å². The van der Waals surface area contributed by atoms with Crippen LogP contribution in [0.1, 0.15) is 23.1 Å². The summed E-state index contributed by atoms with van der Waals surface area (Å²) in [7, 11) is 0. The van der Waals surface area contributed by atoms with Crippen LogP contribution in [0.15, 0.2) is 48.5 Å². The monoisotopic (exact) mass is 294 g/mol. The predicted molar refractivity (Wildman–Crippen MR) is 85.6 cm³/mol. The van der Waals surface area contributed by atoms with Gasteiger partial charge in [-0.3, -0.25) is 4.79 Å². The van der Waals surface area contributed by atoms with Gasteiger partial charge in [-0.2, -0.15) is 5.26 Å². The molecule has 0 amide bonds. The molecule has 0 bridgehead atoms. The first-order valence-electron chi connectivity index (χ1n) is 7.12. The Bertz CT molecular complexity index is 704. The van der Waals surface area contributed by atoms with Crippen molar-refractivity contribution in [3.05, 3.63) is 65.2 Å². The molecule has 1 N–H and O–H groups in total. The van der Waals surface area contributed by atoms with Crippen molar-refractivity contribution >= 4 is 11.7 Å². The Kier molecular flexibility index (Phi) is 5.16. The zero-order valence-corrected chi connectivity index (χ0v) is 12.5. The summed E-state index contributed by atoms with van der Waals surface area (Å²) in [5.41, 5.74) is 3.61. The van der Waals surface area contributed by atoms with Gasteiger partial charge < -0.3 is 10.0 Å². The smallest absolute Gasteiger partial charge is 0.305 e. The topological polar surface area (TPSA) is 64.3 Å². The van der Waals surface area contributed by atoms with E-state index >= 15 is 0 Å². The summed E-state index contributed by atoms with van der Waals surface area (Å²) in [4.78, 5) is 12.9. The molecule has 0 aliphatic carbocycles. The van der Waals surface area contributed by atoms with Crippen molar-refractivity contribution in [1.82, 2.24) is 0 Å². The second-order valence-corrected chi connectivity index (χ2v) is 5.12. The Morgan fingerprint density at radius 2 is 1.86 bits per heavy atom. The minimum atomic E-state index is -0.843. The molecule has 2 aromatic rings. The molecule has 0 atom stereocenters. The van der Waals surface area contributed by atoms with E-state index in [-0.39, 0.29) is 6.42 Å². The van der Waals surface area contributed by atoms with E-state index in [9.17, 15) is 10.1 Å². The van der Waals surface area contributed by atoms with Crippen LogP contribution in [0.3, 0.4) is 0 Å². The van der Waals surface area contributed by atoms with Gasteiger partial charge in [0, 0.05) is 13.1 Å². The first-order chi connectivity index (χ1) is 10.6. The normalized spacial score (nSPS) is 10.0. The predicted octanol–water partition coefficient (Wildman–Crippen LogP) is 3.35. The third-order valence-electron chi connectivity index (χ3n) is 3.58. The quantitative estimate of drug-likeness (QED) is 0.887. The lowest BCUT2D eigenvalue weighted by atomic mass is 10.1. The van der Waals surface area contributed by atoms with Gasteiger partial charge in [-0.1, -0.05) is 36.4 Å². The van der Waals surface area contributed by atoms with Crippen molar-refractivity contribution < 1.29 is 9.90 Å². The Labute approximate surface area is 130 Å². The second kappa shape index (κ2) is 7.28. The van der Waals surface area contributed by atoms with Gasteiger partial charge in [-0.05, 0) is 30.2 Å². The number of nitriles is 1. The molecule has 0 heterocycles. The molecular formula is C18H18N2O2. The molecule has 0 unspecified atom stereocenters. The highest BCUT2D eigenvalue weighted by Gasteiger charge is 2.14. The highest BCUT2D eigenvalue weighted by atomic mass is 16.4. The fourth-order valence-corrected chi connectivity index (χ4v) is 2.35. The molecule has 4 nitrogen and oxygen atoms in total. The van der Waals surface area contributed by atoms with Crippen LogP contribution >= 0.6 is 0 Å². The molecule has 0 fully saturated rings. The zero-order chi connectivity index (χ0) is 15.9. The summed E-state index contributed by atoms with van der Waals surface area (Å²) in [6.07, 6.45) is 0.0334. The van der Waals surface area contributed by atoms with Crippen molar-refractivity contribution in [3.8, 4) is 6.07 Å². The third-order valence-corrected chi connectivity index (χ3v) is 3.58. The number of anilines is 1. The number of aliphatic carboxylic acids is 1. The number of benzene rings is 2. The summed E-state index contributed by atoms with van der Waals surface area (Å²) < 4.78 is 0. The Balaban J connectivity index is 2.32. The first kappa shape index (κ1) is 15.6. The molecule has 0 spiro atoms. The molecule has 112 valence electrons. The molecule has 22 heavy (non-hydrogen) atoms. The van der Waals surface area contributed by atoms with E-state index < -0.39 is 5.97 Å². The average Bonchev–Trinajstić information content (AvgIpc) is 2.53. The molecule has 0 saturated heterocycles. The zero-order valence-electron chi connectivity index (χ0n) is 12.5. The fraction of sp³-hybridized carbons (Fsp3) is 0.222. The standard InChI is InChI=1S/C18H18N2O2/c1-14-6-2-3-8-16(14)13-20(11-10-18(21)22)17-9-5-4-7-15(17)12-19/h2-9H,10-11,13H2,1H3,(H,21,22). The third kappa shape index (κ3) is 3.86. The highest BCUT2D eigenvalue weighted by Crippen LogP contribution is 2.23. The minimum Gasteiger partial charge on any atom is -0.481 e. The maximum absolute atomic E-state index is 10.9. The van der Waals surface area contributed by atoms with Gasteiger partial charge in [0.1, 0.15) is 6.07 Å². The van der Waals surface area contributed by atoms with Crippen LogP contribution in [-0.4, -0.2) is 17.6 Å². The van der Waals surface area contributed by atoms with Gasteiger partial charge >= 0.3 is 5.97 Å². The van der Waals surface area contributed by atoms with E-state index in [1.807, 2.05) is 54.3 Å². The number of carboxylic acids is 1. The van der Waals surface area contributed by atoms with Gasteiger partial charge in [0.2, 0.25) is 0 Å². The summed E-state index contributed by atoms with van der Waals surface area (Å²) in [5, 5.41) is 18.2. The van der Waals surface area contributed by atoms with Crippen LogP contribution in [0, 0.1) is 18.3 Å². The van der Waals surface area contributed by atoms with E-state index in [1.54, 1.807) is 6.07 Å². The maximum Gasteiger partial charge on any atom is 0.305 e. The molecule has 0 aliphatic rings. The van der Waals surface area contributed by atoms with Gasteiger partial charge in [0.25, 0.3) is 0 Å². The maximum atomic E-state index is 10.9. The summed E-state index contributed by atoms with van der Waals surface area (Å²) in [6, 6.07) is 17.5. The average molecular weight is 294 g/mol. The number of hydrogen-bond donors (Lipinski definition) is 1. The highest BCUT2D eigenvalue weighted by molar-refractivity contribution is 5.68. The number of rotatable bonds is 6. The largest absolute Gasteiger partial charge is 0.481 e. The SMILES string of the molecule is Cc1ccccc1CN(CCC(=O)O)c1ccccc1C#N. The van der Waals surface area contributed by atoms with Crippen LogP contribution in [0.2, 0.25) is 0 Å². The summed E-state index contributed by atoms with van der Waals surface area (Å²) in [5.74, 6) is -0.843. The van der Waals surface area contributed by atoms with Crippen molar-refractivity contribution in [2.75, 3.05) is 11.4 Å². The summed E-state index contributed by atoms with van der Waals surface area (Å²) >= 11 is 0. The number of para-hydroxylation sites is 1. The molecule has 0 radical (unpaired) electrons. The van der Waals surface area contributed by atoms with E-state index in [0.717, 1.165) is 16.8 Å². The van der Waals surface area contributed by atoms with Crippen LogP contribution in [0.4, 0.5) is 5.69 Å². The molecule has 0 aliphatic heterocycles. The second-order valence-electron chi connectivity index (χ2n) is 5.12. The number of carbonyl (C=O) groups is 1. The van der Waals surface area contributed by atoms with Crippen LogP contribution in [0.5, 0.6) is 0 Å². The molecule has 2 aromatic carbocycles. The minimum absolute atomic E-state index is 0.0334. The molecule has 2 rings (SSSR count). The number of aryl methyl sites for hydroxylation is 1. The number of carboxylic acid groups (broad SMARTS) is 1. The Hall–Kier alpha value is -2.80. The van der Waals surface area contributed by atoms with E-state index in [1.165, 1.54) is 0 Å². The number of hydrogen-bond acceptors (Lipinski definition) is 3. The first-order valence-corrected chi connectivity index (χ1v) is 7.12. The number of nitrogens with zero attached hydrogens (tertiary/aromatic N) is 2. The van der Waals surface area contributed by atoms with Gasteiger partial charge in [-0.15, -0.1) is 0 Å². The van der Waals surface area contributed by atoms with Gasteiger partial charge in [-0.25, -0.2) is 0 Å². The van der Waals surface area contributed by atoms with E-state index in [4.69, 9.17) is 5.11 Å². The Morgan fingerprint density at radius 1 is 1.18 bits per heavy atom. The summed E-state index contributed by atoms with van der Waals surface area (Å²) in [6.45, 7) is 2.97. The lowest BCUT2D eigenvalue weighted by Gasteiger charge is -2.26.